The number of rotatable bonds is 4. The Labute approximate surface area is 149 Å². The van der Waals surface area contributed by atoms with E-state index in [1.165, 1.54) is 24.3 Å². The Morgan fingerprint density at radius 3 is 2.72 bits per heavy atom. The zero-order valence-corrected chi connectivity index (χ0v) is 14.1. The molecule has 1 N–H and O–H groups in total. The second-order valence-corrected chi connectivity index (χ2v) is 5.41. The van der Waals surface area contributed by atoms with Crippen molar-refractivity contribution < 1.29 is 18.7 Å². The average Bonchev–Trinajstić information content (AvgIpc) is 3.11. The lowest BCUT2D eigenvalue weighted by atomic mass is 10.1. The van der Waals surface area contributed by atoms with Crippen molar-refractivity contribution in [2.24, 2.45) is 0 Å². The van der Waals surface area contributed by atoms with E-state index in [1.54, 1.807) is 48.6 Å². The van der Waals surface area contributed by atoms with Gasteiger partial charge < -0.3 is 9.15 Å². The van der Waals surface area contributed by atoms with Gasteiger partial charge in [0.1, 0.15) is 17.1 Å². The lowest BCUT2D eigenvalue weighted by Gasteiger charge is -2.29. The van der Waals surface area contributed by atoms with Crippen molar-refractivity contribution in [3.05, 3.63) is 66.1 Å². The van der Waals surface area contributed by atoms with Crippen molar-refractivity contribution in [3.8, 4) is 5.75 Å². The third kappa shape index (κ3) is 3.36. The maximum absolute atomic E-state index is 12.8. The number of hydrogen-bond acceptors (Lipinski definition) is 5. The van der Waals surface area contributed by atoms with Crippen LogP contribution in [0.25, 0.3) is 6.08 Å². The number of nitrogens with zero attached hydrogens (tertiary/aromatic N) is 1. The van der Waals surface area contributed by atoms with E-state index in [4.69, 9.17) is 21.4 Å². The quantitative estimate of drug-likeness (QED) is 0.519. The number of carbonyl (C=O) groups is 2. The zero-order chi connectivity index (χ0) is 17.8. The molecule has 1 aromatic heterocycles. The first-order valence-electron chi connectivity index (χ1n) is 7.36. The van der Waals surface area contributed by atoms with Gasteiger partial charge in [0.15, 0.2) is 5.11 Å². The van der Waals surface area contributed by atoms with E-state index in [1.807, 2.05) is 0 Å². The number of nitrogens with one attached hydrogen (secondary N) is 1. The molecule has 126 valence electrons. The highest BCUT2D eigenvalue weighted by atomic mass is 32.1. The van der Waals surface area contributed by atoms with Gasteiger partial charge in [-0.3, -0.25) is 14.9 Å². The number of para-hydroxylation sites is 2. The molecule has 0 atom stereocenters. The molecule has 0 aliphatic carbocycles. The highest BCUT2D eigenvalue weighted by Crippen LogP contribution is 2.30. The van der Waals surface area contributed by atoms with Crippen LogP contribution in [-0.2, 0) is 9.59 Å². The smallest absolute Gasteiger partial charge is 0.270 e. The van der Waals surface area contributed by atoms with Gasteiger partial charge in [0.25, 0.3) is 11.8 Å². The van der Waals surface area contributed by atoms with Crippen molar-refractivity contribution in [1.29, 1.82) is 0 Å². The molecule has 0 unspecified atom stereocenters. The normalized spacial score (nSPS) is 16.6. The molecule has 0 spiro atoms. The number of benzene rings is 1. The summed E-state index contributed by atoms with van der Waals surface area (Å²) >= 11 is 5.16. The average molecular weight is 354 g/mol. The van der Waals surface area contributed by atoms with E-state index >= 15 is 0 Å². The summed E-state index contributed by atoms with van der Waals surface area (Å²) in [6.45, 7) is 0. The number of methoxy groups -OCH3 is 1. The van der Waals surface area contributed by atoms with E-state index in [0.717, 1.165) is 0 Å². The molecule has 1 aliphatic heterocycles. The number of ether oxygens (including phenoxy) is 1. The van der Waals surface area contributed by atoms with Gasteiger partial charge in [-0.1, -0.05) is 18.2 Å². The van der Waals surface area contributed by atoms with Gasteiger partial charge in [0.05, 0.1) is 19.1 Å². The van der Waals surface area contributed by atoms with Crippen LogP contribution in [0.1, 0.15) is 5.76 Å². The molecule has 1 fully saturated rings. The molecular formula is C18H14N2O4S. The topological polar surface area (TPSA) is 71.8 Å². The molecule has 1 aliphatic rings. The number of carbonyl (C=O) groups excluding carboxylic acids is 2. The Bertz CT molecular complexity index is 884. The highest BCUT2D eigenvalue weighted by Gasteiger charge is 2.35. The van der Waals surface area contributed by atoms with Crippen molar-refractivity contribution >= 4 is 40.9 Å². The van der Waals surface area contributed by atoms with E-state index in [0.29, 0.717) is 17.2 Å². The van der Waals surface area contributed by atoms with E-state index < -0.39 is 11.8 Å². The third-order valence-electron chi connectivity index (χ3n) is 3.49. The van der Waals surface area contributed by atoms with E-state index in [-0.39, 0.29) is 10.7 Å². The van der Waals surface area contributed by atoms with Gasteiger partial charge in [-0.05, 0) is 48.6 Å². The van der Waals surface area contributed by atoms with Gasteiger partial charge in [0.2, 0.25) is 0 Å². The molecule has 1 saturated heterocycles. The predicted octanol–water partition coefficient (Wildman–Crippen LogP) is 2.68. The summed E-state index contributed by atoms with van der Waals surface area (Å²) in [5.41, 5.74) is 0.420. The Morgan fingerprint density at radius 2 is 2.00 bits per heavy atom. The standard InChI is InChI=1S/C18H14N2O4S/c1-23-15-10-3-2-9-14(15)20-17(22)13(16(21)19-18(20)25)8-4-6-12-7-5-11-24-12/h2-11H,1H3,(H,19,21,25). The maximum atomic E-state index is 12.8. The fourth-order valence-corrected chi connectivity index (χ4v) is 2.61. The monoisotopic (exact) mass is 354 g/mol. The van der Waals surface area contributed by atoms with Crippen molar-refractivity contribution in [1.82, 2.24) is 5.32 Å². The molecule has 1 aromatic carbocycles. The largest absolute Gasteiger partial charge is 0.495 e. The summed E-state index contributed by atoms with van der Waals surface area (Å²) in [6, 6.07) is 10.4. The lowest BCUT2D eigenvalue weighted by Crippen LogP contribution is -2.54. The minimum Gasteiger partial charge on any atom is -0.495 e. The van der Waals surface area contributed by atoms with Gasteiger partial charge in [-0.25, -0.2) is 4.90 Å². The molecule has 0 saturated carbocycles. The molecule has 6 nitrogen and oxygen atoms in total. The summed E-state index contributed by atoms with van der Waals surface area (Å²) in [5, 5.41) is 2.53. The number of allylic oxidation sites excluding steroid dienone is 2. The number of amides is 2. The molecule has 2 heterocycles. The SMILES string of the molecule is COc1ccccc1N1C(=O)C(=CC=Cc2ccco2)C(=O)NC1=S. The van der Waals surface area contributed by atoms with Gasteiger partial charge in [-0.15, -0.1) is 0 Å². The second-order valence-electron chi connectivity index (χ2n) is 5.03. The summed E-state index contributed by atoms with van der Waals surface area (Å²) in [5.74, 6) is 0.00466. The Balaban J connectivity index is 1.94. The van der Waals surface area contributed by atoms with Crippen LogP contribution < -0.4 is 15.0 Å². The number of hydrogen-bond donors (Lipinski definition) is 1. The first kappa shape index (κ1) is 16.7. The fraction of sp³-hybridized carbons (Fsp3) is 0.0556. The van der Waals surface area contributed by atoms with Crippen LogP contribution in [0, 0.1) is 0 Å². The van der Waals surface area contributed by atoms with Crippen molar-refractivity contribution in [2.45, 2.75) is 0 Å². The summed E-state index contributed by atoms with van der Waals surface area (Å²) in [6.07, 6.45) is 6.17. The van der Waals surface area contributed by atoms with Crippen LogP contribution in [0.15, 0.2) is 64.8 Å². The molecular weight excluding hydrogens is 340 g/mol. The summed E-state index contributed by atoms with van der Waals surface area (Å²) in [7, 11) is 1.50. The minimum absolute atomic E-state index is 0.00617. The Morgan fingerprint density at radius 1 is 1.20 bits per heavy atom. The van der Waals surface area contributed by atoms with Crippen LogP contribution in [-0.4, -0.2) is 24.0 Å². The van der Waals surface area contributed by atoms with Crippen LogP contribution in [0.3, 0.4) is 0 Å². The highest BCUT2D eigenvalue weighted by molar-refractivity contribution is 7.80. The van der Waals surface area contributed by atoms with Crippen molar-refractivity contribution in [3.63, 3.8) is 0 Å². The summed E-state index contributed by atoms with van der Waals surface area (Å²) in [4.78, 5) is 26.2. The lowest BCUT2D eigenvalue weighted by molar-refractivity contribution is -0.122. The van der Waals surface area contributed by atoms with Crippen molar-refractivity contribution in [2.75, 3.05) is 12.0 Å². The molecule has 3 rings (SSSR count). The van der Waals surface area contributed by atoms with Gasteiger partial charge in [-0.2, -0.15) is 0 Å². The van der Waals surface area contributed by atoms with Crippen LogP contribution in [0.2, 0.25) is 0 Å². The Hall–Kier alpha value is -3.19. The second kappa shape index (κ2) is 7.14. The van der Waals surface area contributed by atoms with Crippen LogP contribution in [0.4, 0.5) is 5.69 Å². The number of anilines is 1. The van der Waals surface area contributed by atoms with Crippen LogP contribution in [0.5, 0.6) is 5.75 Å². The first-order valence-corrected chi connectivity index (χ1v) is 7.77. The molecule has 2 aromatic rings. The molecule has 7 heteroatoms. The minimum atomic E-state index is -0.551. The van der Waals surface area contributed by atoms with Gasteiger partial charge >= 0.3 is 0 Å². The zero-order valence-electron chi connectivity index (χ0n) is 13.3. The first-order chi connectivity index (χ1) is 12.1. The summed E-state index contributed by atoms with van der Waals surface area (Å²) < 4.78 is 10.4. The van der Waals surface area contributed by atoms with E-state index in [2.05, 4.69) is 5.32 Å². The molecule has 0 radical (unpaired) electrons. The maximum Gasteiger partial charge on any atom is 0.270 e. The molecule has 0 bridgehead atoms. The Kier molecular flexibility index (Phi) is 4.76. The third-order valence-corrected chi connectivity index (χ3v) is 3.78. The molecule has 25 heavy (non-hydrogen) atoms. The number of furan rings is 1. The fourth-order valence-electron chi connectivity index (χ4n) is 2.34. The number of thiocarbonyl (C=S) groups is 1. The van der Waals surface area contributed by atoms with Crippen LogP contribution >= 0.6 is 12.2 Å². The molecule has 2 amide bonds. The van der Waals surface area contributed by atoms with E-state index in [9.17, 15) is 9.59 Å². The van der Waals surface area contributed by atoms with Gasteiger partial charge in [0, 0.05) is 0 Å². The predicted molar refractivity (Wildman–Crippen MR) is 97.0 cm³/mol.